The maximum Gasteiger partial charge on any atom is 0.136 e. The maximum absolute atomic E-state index is 10.2. The molecule has 5 heteroatoms. The third-order valence-corrected chi connectivity index (χ3v) is 3.67. The summed E-state index contributed by atoms with van der Waals surface area (Å²) < 4.78 is 0.705. The molecule has 0 unspecified atom stereocenters. The fraction of sp³-hybridized carbons (Fsp3) is 0.778. The highest BCUT2D eigenvalue weighted by molar-refractivity contribution is 8.23. The van der Waals surface area contributed by atoms with Crippen LogP contribution in [0.15, 0.2) is 0 Å². The van der Waals surface area contributed by atoms with Gasteiger partial charge in [0.05, 0.1) is 5.97 Å². The first-order valence-electron chi connectivity index (χ1n) is 4.81. The van der Waals surface area contributed by atoms with Gasteiger partial charge in [-0.05, 0) is 12.8 Å². The molecule has 0 bridgehead atoms. The third kappa shape index (κ3) is 4.28. The summed E-state index contributed by atoms with van der Waals surface area (Å²) in [6.45, 7) is 1.94. The zero-order valence-corrected chi connectivity index (χ0v) is 9.66. The number of carboxylic acid groups (broad SMARTS) is 1. The van der Waals surface area contributed by atoms with Gasteiger partial charge in [-0.25, -0.2) is 0 Å². The summed E-state index contributed by atoms with van der Waals surface area (Å²) in [6.07, 6.45) is 4.83. The fourth-order valence-electron chi connectivity index (χ4n) is 1.47. The minimum Gasteiger partial charge on any atom is -0.549 e. The number of carbonyl (C=O) groups is 1. The van der Waals surface area contributed by atoms with Gasteiger partial charge in [0.15, 0.2) is 0 Å². The molecule has 0 atom stereocenters. The Bertz CT molecular complexity index is 213. The van der Waals surface area contributed by atoms with Crippen LogP contribution in [0.2, 0.25) is 0 Å². The second-order valence-electron chi connectivity index (χ2n) is 3.33. The van der Waals surface area contributed by atoms with E-state index in [1.54, 1.807) is 0 Å². The Kier molecular flexibility index (Phi) is 5.25. The average molecular weight is 232 g/mol. The molecule has 1 aliphatic heterocycles. The lowest BCUT2D eigenvalue weighted by molar-refractivity contribution is -0.301. The van der Waals surface area contributed by atoms with Gasteiger partial charge in [-0.2, -0.15) is 0 Å². The Labute approximate surface area is 93.9 Å². The number of thiocarbonyl (C=S) groups is 1. The average Bonchev–Trinajstić information content (AvgIpc) is 2.42. The van der Waals surface area contributed by atoms with Crippen LogP contribution in [0.4, 0.5) is 0 Å². The van der Waals surface area contributed by atoms with Gasteiger partial charge >= 0.3 is 0 Å². The number of rotatable bonds is 2. The van der Waals surface area contributed by atoms with Gasteiger partial charge in [0, 0.05) is 18.8 Å². The maximum atomic E-state index is 10.2. The summed E-state index contributed by atoms with van der Waals surface area (Å²) >= 11 is 6.35. The molecule has 0 aromatic carbocycles. The van der Waals surface area contributed by atoms with Crippen LogP contribution in [0.3, 0.4) is 0 Å². The Balaban J connectivity index is 2.30. The van der Waals surface area contributed by atoms with Gasteiger partial charge in [-0.15, -0.1) is 0 Å². The molecule has 1 saturated heterocycles. The molecule has 0 aromatic heterocycles. The number of aliphatic carboxylic acids is 1. The summed E-state index contributed by atoms with van der Waals surface area (Å²) in [5, 5.41) is 10.2. The summed E-state index contributed by atoms with van der Waals surface area (Å²) in [5.74, 6) is -1.08. The fourth-order valence-corrected chi connectivity index (χ4v) is 2.43. The molecule has 0 N–H and O–H groups in total. The molecule has 0 spiro atoms. The zero-order valence-electron chi connectivity index (χ0n) is 8.03. The minimum atomic E-state index is -1.05. The highest BCUT2D eigenvalue weighted by Crippen LogP contribution is 2.15. The number of nitrogens with zero attached hydrogens (tertiary/aromatic N) is 1. The van der Waals surface area contributed by atoms with Crippen molar-refractivity contribution in [1.82, 2.24) is 4.90 Å². The summed E-state index contributed by atoms with van der Waals surface area (Å²) in [6, 6.07) is 0. The standard InChI is InChI=1S/C9H15NO2S2/c11-8(12)7-14-9(13)10-5-3-1-2-4-6-10/h1-7H2,(H,11,12)/p-1. The molecule has 1 aliphatic rings. The van der Waals surface area contributed by atoms with Crippen LogP contribution in [-0.2, 0) is 4.79 Å². The van der Waals surface area contributed by atoms with Crippen molar-refractivity contribution in [1.29, 1.82) is 0 Å². The van der Waals surface area contributed by atoms with Crippen molar-refractivity contribution in [3.8, 4) is 0 Å². The first-order chi connectivity index (χ1) is 6.70. The molecule has 0 aliphatic carbocycles. The largest absolute Gasteiger partial charge is 0.549 e. The molecular weight excluding hydrogens is 218 g/mol. The predicted molar refractivity (Wildman–Crippen MR) is 60.1 cm³/mol. The molecule has 0 radical (unpaired) electrons. The van der Waals surface area contributed by atoms with Crippen molar-refractivity contribution in [3.63, 3.8) is 0 Å². The minimum absolute atomic E-state index is 0.0324. The van der Waals surface area contributed by atoms with E-state index in [1.807, 2.05) is 0 Å². The topological polar surface area (TPSA) is 43.4 Å². The number of hydrogen-bond acceptors (Lipinski definition) is 4. The van der Waals surface area contributed by atoms with E-state index >= 15 is 0 Å². The van der Waals surface area contributed by atoms with E-state index in [1.165, 1.54) is 24.6 Å². The molecule has 1 heterocycles. The first kappa shape index (κ1) is 11.8. The van der Waals surface area contributed by atoms with Crippen LogP contribution in [0, 0.1) is 0 Å². The summed E-state index contributed by atoms with van der Waals surface area (Å²) in [4.78, 5) is 12.4. The molecule has 1 rings (SSSR count). The van der Waals surface area contributed by atoms with Gasteiger partial charge < -0.3 is 14.8 Å². The smallest absolute Gasteiger partial charge is 0.136 e. The van der Waals surface area contributed by atoms with Crippen LogP contribution >= 0.6 is 24.0 Å². The van der Waals surface area contributed by atoms with Crippen molar-refractivity contribution in [2.45, 2.75) is 25.7 Å². The number of carbonyl (C=O) groups excluding carboxylic acids is 1. The SMILES string of the molecule is O=C([O-])CSC(=S)N1CCCCCC1. The first-order valence-corrected chi connectivity index (χ1v) is 6.21. The van der Waals surface area contributed by atoms with E-state index in [-0.39, 0.29) is 5.75 Å². The van der Waals surface area contributed by atoms with Crippen molar-refractivity contribution < 1.29 is 9.90 Å². The lowest BCUT2D eigenvalue weighted by atomic mass is 10.2. The van der Waals surface area contributed by atoms with E-state index in [0.717, 1.165) is 25.9 Å². The zero-order chi connectivity index (χ0) is 10.4. The highest BCUT2D eigenvalue weighted by Gasteiger charge is 2.12. The van der Waals surface area contributed by atoms with E-state index < -0.39 is 5.97 Å². The van der Waals surface area contributed by atoms with Gasteiger partial charge in [-0.3, -0.25) is 0 Å². The second kappa shape index (κ2) is 6.24. The van der Waals surface area contributed by atoms with E-state index in [2.05, 4.69) is 4.90 Å². The lowest BCUT2D eigenvalue weighted by Crippen LogP contribution is -2.31. The lowest BCUT2D eigenvalue weighted by Gasteiger charge is -2.22. The van der Waals surface area contributed by atoms with Crippen molar-refractivity contribution in [3.05, 3.63) is 0 Å². The van der Waals surface area contributed by atoms with E-state index in [4.69, 9.17) is 12.2 Å². The Hall–Kier alpha value is -0.290. The number of carboxylic acids is 1. The molecule has 1 fully saturated rings. The van der Waals surface area contributed by atoms with Gasteiger partial charge in [-0.1, -0.05) is 36.8 Å². The molecule has 0 saturated carbocycles. The van der Waals surface area contributed by atoms with Crippen molar-refractivity contribution in [2.75, 3.05) is 18.8 Å². The quantitative estimate of drug-likeness (QED) is 0.653. The van der Waals surface area contributed by atoms with Crippen LogP contribution in [-0.4, -0.2) is 34.0 Å². The summed E-state index contributed by atoms with van der Waals surface area (Å²) in [5.41, 5.74) is 0. The molecular formula is C9H14NO2S2-. The monoisotopic (exact) mass is 232 g/mol. The molecule has 0 amide bonds. The molecule has 14 heavy (non-hydrogen) atoms. The molecule has 80 valence electrons. The normalized spacial score (nSPS) is 17.6. The van der Waals surface area contributed by atoms with Crippen LogP contribution in [0.25, 0.3) is 0 Å². The van der Waals surface area contributed by atoms with Crippen molar-refractivity contribution >= 4 is 34.3 Å². The summed E-state index contributed by atoms with van der Waals surface area (Å²) in [7, 11) is 0. The number of thioether (sulfide) groups is 1. The van der Waals surface area contributed by atoms with Crippen molar-refractivity contribution in [2.24, 2.45) is 0 Å². The van der Waals surface area contributed by atoms with Crippen LogP contribution in [0.5, 0.6) is 0 Å². The second-order valence-corrected chi connectivity index (χ2v) is 4.94. The van der Waals surface area contributed by atoms with Crippen LogP contribution < -0.4 is 5.11 Å². The Morgan fingerprint density at radius 3 is 2.36 bits per heavy atom. The van der Waals surface area contributed by atoms with Gasteiger partial charge in [0.1, 0.15) is 4.32 Å². The predicted octanol–water partition coefficient (Wildman–Crippen LogP) is 0.630. The molecule has 3 nitrogen and oxygen atoms in total. The molecule has 0 aromatic rings. The van der Waals surface area contributed by atoms with E-state index in [9.17, 15) is 9.90 Å². The Morgan fingerprint density at radius 1 is 1.29 bits per heavy atom. The van der Waals surface area contributed by atoms with Gasteiger partial charge in [0.2, 0.25) is 0 Å². The highest BCUT2D eigenvalue weighted by atomic mass is 32.2. The van der Waals surface area contributed by atoms with Crippen LogP contribution in [0.1, 0.15) is 25.7 Å². The third-order valence-electron chi connectivity index (χ3n) is 2.18. The Morgan fingerprint density at radius 2 is 1.86 bits per heavy atom. The number of likely N-dealkylation sites (tertiary alicyclic amines) is 1. The van der Waals surface area contributed by atoms with E-state index in [0.29, 0.717) is 4.32 Å². The number of hydrogen-bond donors (Lipinski definition) is 0. The van der Waals surface area contributed by atoms with Gasteiger partial charge in [0.25, 0.3) is 0 Å².